The number of nitrogens with two attached hydrogens (primary N) is 1. The van der Waals surface area contributed by atoms with Gasteiger partial charge in [-0.3, -0.25) is 4.79 Å². The molecule has 0 bridgehead atoms. The number of benzene rings is 1. The largest absolute Gasteiger partial charge is 0.398 e. The minimum atomic E-state index is -0.00319. The molecule has 3 nitrogen and oxygen atoms in total. The Hall–Kier alpha value is -1.29. The second-order valence-electron chi connectivity index (χ2n) is 3.45. The van der Waals surface area contributed by atoms with Crippen molar-refractivity contribution in [3.8, 4) is 0 Å². The Kier molecular flexibility index (Phi) is 5.05. The fraction of sp³-hybridized carbons (Fsp3) is 0.250. The maximum Gasteiger partial charge on any atom is 0.216 e. The summed E-state index contributed by atoms with van der Waals surface area (Å²) in [6.45, 7) is 2.17. The van der Waals surface area contributed by atoms with Gasteiger partial charge in [-0.1, -0.05) is 34.1 Å². The Morgan fingerprint density at radius 1 is 1.56 bits per heavy atom. The molecule has 1 amide bonds. The van der Waals surface area contributed by atoms with E-state index in [0.29, 0.717) is 6.54 Å². The molecule has 3 N–H and O–H groups in total. The van der Waals surface area contributed by atoms with Crippen molar-refractivity contribution in [3.05, 3.63) is 34.3 Å². The zero-order chi connectivity index (χ0) is 12.0. The number of rotatable bonds is 4. The summed E-state index contributed by atoms with van der Waals surface area (Å²) in [6, 6.07) is 5.77. The maximum atomic E-state index is 10.6. The molecule has 0 aromatic heterocycles. The topological polar surface area (TPSA) is 55.1 Å². The SMILES string of the molecule is CC(=O)NCCC=Cc1ccc(Br)cc1N. The van der Waals surface area contributed by atoms with Gasteiger partial charge in [0, 0.05) is 23.6 Å². The van der Waals surface area contributed by atoms with E-state index in [9.17, 15) is 4.79 Å². The lowest BCUT2D eigenvalue weighted by atomic mass is 10.1. The molecule has 1 aromatic carbocycles. The second kappa shape index (κ2) is 6.33. The van der Waals surface area contributed by atoms with Crippen LogP contribution in [0.2, 0.25) is 0 Å². The molecule has 0 radical (unpaired) electrons. The van der Waals surface area contributed by atoms with E-state index in [2.05, 4.69) is 21.2 Å². The summed E-state index contributed by atoms with van der Waals surface area (Å²) in [5, 5.41) is 2.73. The van der Waals surface area contributed by atoms with Gasteiger partial charge in [-0.2, -0.15) is 0 Å². The van der Waals surface area contributed by atoms with Crippen LogP contribution >= 0.6 is 15.9 Å². The normalized spacial score (nSPS) is 10.6. The summed E-state index contributed by atoms with van der Waals surface area (Å²) < 4.78 is 0.973. The Labute approximate surface area is 104 Å². The van der Waals surface area contributed by atoms with E-state index in [1.54, 1.807) is 0 Å². The van der Waals surface area contributed by atoms with E-state index in [1.165, 1.54) is 6.92 Å². The third-order valence-corrected chi connectivity index (χ3v) is 2.52. The predicted molar refractivity (Wildman–Crippen MR) is 70.9 cm³/mol. The van der Waals surface area contributed by atoms with Crippen molar-refractivity contribution < 1.29 is 4.79 Å². The van der Waals surface area contributed by atoms with Crippen LogP contribution in [0, 0.1) is 0 Å². The number of halogens is 1. The standard InChI is InChI=1S/C12H15BrN2O/c1-9(16)15-7-3-2-4-10-5-6-11(13)8-12(10)14/h2,4-6,8H,3,7,14H2,1H3,(H,15,16). The molecule has 1 aromatic rings. The van der Waals surface area contributed by atoms with Crippen molar-refractivity contribution in [2.75, 3.05) is 12.3 Å². The molecule has 0 atom stereocenters. The molecule has 1 rings (SSSR count). The highest BCUT2D eigenvalue weighted by Crippen LogP contribution is 2.19. The number of hydrogen-bond donors (Lipinski definition) is 2. The zero-order valence-electron chi connectivity index (χ0n) is 9.16. The van der Waals surface area contributed by atoms with Crippen LogP contribution in [0.15, 0.2) is 28.7 Å². The molecule has 0 aliphatic heterocycles. The van der Waals surface area contributed by atoms with Gasteiger partial charge in [0.25, 0.3) is 0 Å². The van der Waals surface area contributed by atoms with Gasteiger partial charge in [0.05, 0.1) is 0 Å². The summed E-state index contributed by atoms with van der Waals surface area (Å²) in [5.41, 5.74) is 7.57. The van der Waals surface area contributed by atoms with E-state index in [1.807, 2.05) is 30.4 Å². The number of anilines is 1. The van der Waals surface area contributed by atoms with Crippen LogP contribution in [-0.4, -0.2) is 12.5 Å². The van der Waals surface area contributed by atoms with Crippen molar-refractivity contribution >= 4 is 33.6 Å². The first-order valence-corrected chi connectivity index (χ1v) is 5.85. The van der Waals surface area contributed by atoms with Crippen LogP contribution < -0.4 is 11.1 Å². The smallest absolute Gasteiger partial charge is 0.216 e. The molecule has 0 saturated heterocycles. The number of carbonyl (C=O) groups is 1. The maximum absolute atomic E-state index is 10.6. The lowest BCUT2D eigenvalue weighted by Crippen LogP contribution is -2.20. The molecule has 0 fully saturated rings. The second-order valence-corrected chi connectivity index (χ2v) is 4.36. The molecule has 0 aliphatic rings. The van der Waals surface area contributed by atoms with E-state index in [0.717, 1.165) is 22.1 Å². The number of amides is 1. The molecule has 16 heavy (non-hydrogen) atoms. The van der Waals surface area contributed by atoms with Crippen LogP contribution in [0.5, 0.6) is 0 Å². The quantitative estimate of drug-likeness (QED) is 0.659. The lowest BCUT2D eigenvalue weighted by molar-refractivity contribution is -0.118. The Morgan fingerprint density at radius 2 is 2.31 bits per heavy atom. The number of carbonyl (C=O) groups excluding carboxylic acids is 1. The van der Waals surface area contributed by atoms with Gasteiger partial charge >= 0.3 is 0 Å². The molecule has 0 saturated carbocycles. The minimum absolute atomic E-state index is 0.00319. The minimum Gasteiger partial charge on any atom is -0.398 e. The molecule has 0 aliphatic carbocycles. The molecular formula is C12H15BrN2O. The van der Waals surface area contributed by atoms with Crippen molar-refractivity contribution in [2.45, 2.75) is 13.3 Å². The van der Waals surface area contributed by atoms with Gasteiger partial charge < -0.3 is 11.1 Å². The van der Waals surface area contributed by atoms with E-state index < -0.39 is 0 Å². The van der Waals surface area contributed by atoms with E-state index >= 15 is 0 Å². The highest BCUT2D eigenvalue weighted by atomic mass is 79.9. The fourth-order valence-corrected chi connectivity index (χ4v) is 1.62. The fourth-order valence-electron chi connectivity index (χ4n) is 1.24. The highest BCUT2D eigenvalue weighted by molar-refractivity contribution is 9.10. The third-order valence-electron chi connectivity index (χ3n) is 2.03. The number of hydrogen-bond acceptors (Lipinski definition) is 2. The summed E-state index contributed by atoms with van der Waals surface area (Å²) in [6.07, 6.45) is 4.76. The van der Waals surface area contributed by atoms with Gasteiger partial charge in [0.2, 0.25) is 5.91 Å². The van der Waals surface area contributed by atoms with E-state index in [4.69, 9.17) is 5.73 Å². The Balaban J connectivity index is 2.47. The van der Waals surface area contributed by atoms with Crippen molar-refractivity contribution in [1.29, 1.82) is 0 Å². The Morgan fingerprint density at radius 3 is 2.94 bits per heavy atom. The van der Waals surface area contributed by atoms with Crippen LogP contribution in [0.4, 0.5) is 5.69 Å². The van der Waals surface area contributed by atoms with Gasteiger partial charge in [0.15, 0.2) is 0 Å². The average Bonchev–Trinajstić information content (AvgIpc) is 2.20. The van der Waals surface area contributed by atoms with Gasteiger partial charge in [0.1, 0.15) is 0 Å². The third kappa shape index (κ3) is 4.49. The number of nitrogens with one attached hydrogen (secondary N) is 1. The molecule has 86 valence electrons. The first-order chi connectivity index (χ1) is 7.59. The monoisotopic (exact) mass is 282 g/mol. The number of nitrogen functional groups attached to an aromatic ring is 1. The molecular weight excluding hydrogens is 268 g/mol. The summed E-state index contributed by atoms with van der Waals surface area (Å²) in [4.78, 5) is 10.6. The van der Waals surface area contributed by atoms with Crippen molar-refractivity contribution in [3.63, 3.8) is 0 Å². The molecule has 4 heteroatoms. The first kappa shape index (κ1) is 12.8. The van der Waals surface area contributed by atoms with E-state index in [-0.39, 0.29) is 5.91 Å². The van der Waals surface area contributed by atoms with Crippen molar-refractivity contribution in [1.82, 2.24) is 5.32 Å². The van der Waals surface area contributed by atoms with Crippen LogP contribution in [0.25, 0.3) is 6.08 Å². The lowest BCUT2D eigenvalue weighted by Gasteiger charge is -2.01. The predicted octanol–water partition coefficient (Wildman–Crippen LogP) is 2.57. The van der Waals surface area contributed by atoms with Crippen LogP contribution in [0.3, 0.4) is 0 Å². The van der Waals surface area contributed by atoms with Gasteiger partial charge in [-0.15, -0.1) is 0 Å². The zero-order valence-corrected chi connectivity index (χ0v) is 10.8. The summed E-state index contributed by atoms with van der Waals surface area (Å²) >= 11 is 3.35. The van der Waals surface area contributed by atoms with Crippen molar-refractivity contribution in [2.24, 2.45) is 0 Å². The van der Waals surface area contributed by atoms with Gasteiger partial charge in [-0.25, -0.2) is 0 Å². The summed E-state index contributed by atoms with van der Waals surface area (Å²) in [5.74, 6) is -0.00319. The van der Waals surface area contributed by atoms with Gasteiger partial charge in [-0.05, 0) is 24.1 Å². The molecule has 0 unspecified atom stereocenters. The first-order valence-electron chi connectivity index (χ1n) is 5.05. The Bertz CT molecular complexity index is 402. The van der Waals surface area contributed by atoms with Crippen LogP contribution in [-0.2, 0) is 4.79 Å². The summed E-state index contributed by atoms with van der Waals surface area (Å²) in [7, 11) is 0. The molecule has 0 spiro atoms. The molecule has 0 heterocycles. The van der Waals surface area contributed by atoms with Crippen LogP contribution in [0.1, 0.15) is 18.9 Å². The average molecular weight is 283 g/mol. The highest BCUT2D eigenvalue weighted by Gasteiger charge is 1.95.